The summed E-state index contributed by atoms with van der Waals surface area (Å²) in [6.45, 7) is 9.93. The Bertz CT molecular complexity index is 148. The van der Waals surface area contributed by atoms with E-state index in [-0.39, 0.29) is 0 Å². The van der Waals surface area contributed by atoms with Crippen LogP contribution < -0.4 is 5.32 Å². The second-order valence-corrected chi connectivity index (χ2v) is 5.20. The maximum Gasteiger partial charge on any atom is 0.0615 e. The van der Waals surface area contributed by atoms with Crippen LogP contribution in [0.15, 0.2) is 0 Å². The standard InChI is InChI=1S/C14H31NO/c1-6-8-9-14(10-12(3)4)15-13(7-2)11-16-5/h12-15H,6-11H2,1-5H3. The fourth-order valence-electron chi connectivity index (χ4n) is 2.11. The lowest BCUT2D eigenvalue weighted by molar-refractivity contribution is 0.154. The van der Waals surface area contributed by atoms with Crippen molar-refractivity contribution in [1.29, 1.82) is 0 Å². The quantitative estimate of drug-likeness (QED) is 0.618. The van der Waals surface area contributed by atoms with Crippen LogP contribution in [0.1, 0.15) is 59.8 Å². The number of unbranched alkanes of at least 4 members (excludes halogenated alkanes) is 1. The molecule has 0 saturated carbocycles. The average molecular weight is 229 g/mol. The first-order chi connectivity index (χ1) is 7.63. The van der Waals surface area contributed by atoms with Gasteiger partial charge in [0.2, 0.25) is 0 Å². The maximum atomic E-state index is 5.24. The summed E-state index contributed by atoms with van der Waals surface area (Å²) in [5.41, 5.74) is 0. The Morgan fingerprint density at radius 3 is 2.25 bits per heavy atom. The largest absolute Gasteiger partial charge is 0.383 e. The molecule has 16 heavy (non-hydrogen) atoms. The SMILES string of the molecule is CCCCC(CC(C)C)NC(CC)COC. The van der Waals surface area contributed by atoms with Crippen LogP contribution >= 0.6 is 0 Å². The maximum absolute atomic E-state index is 5.24. The van der Waals surface area contributed by atoms with Crippen LogP contribution in [0.5, 0.6) is 0 Å². The van der Waals surface area contributed by atoms with Crippen molar-refractivity contribution in [2.75, 3.05) is 13.7 Å². The van der Waals surface area contributed by atoms with Crippen molar-refractivity contribution in [3.05, 3.63) is 0 Å². The van der Waals surface area contributed by atoms with E-state index in [2.05, 4.69) is 33.0 Å². The number of hydrogen-bond donors (Lipinski definition) is 1. The summed E-state index contributed by atoms with van der Waals surface area (Å²) >= 11 is 0. The molecule has 0 bridgehead atoms. The highest BCUT2D eigenvalue weighted by atomic mass is 16.5. The van der Waals surface area contributed by atoms with Gasteiger partial charge in [0.05, 0.1) is 6.61 Å². The monoisotopic (exact) mass is 229 g/mol. The van der Waals surface area contributed by atoms with E-state index in [1.165, 1.54) is 25.7 Å². The summed E-state index contributed by atoms with van der Waals surface area (Å²) in [6, 6.07) is 1.19. The van der Waals surface area contributed by atoms with Crippen molar-refractivity contribution in [1.82, 2.24) is 5.32 Å². The molecule has 0 aliphatic heterocycles. The molecule has 0 aromatic heterocycles. The van der Waals surface area contributed by atoms with Gasteiger partial charge >= 0.3 is 0 Å². The lowest BCUT2D eigenvalue weighted by atomic mass is 9.98. The molecular formula is C14H31NO. The van der Waals surface area contributed by atoms with Crippen molar-refractivity contribution < 1.29 is 4.74 Å². The molecule has 0 heterocycles. The van der Waals surface area contributed by atoms with Gasteiger partial charge in [-0.3, -0.25) is 0 Å². The average Bonchev–Trinajstić information content (AvgIpc) is 2.24. The van der Waals surface area contributed by atoms with Crippen molar-refractivity contribution in [2.24, 2.45) is 5.92 Å². The molecule has 98 valence electrons. The van der Waals surface area contributed by atoms with Crippen LogP contribution in [-0.4, -0.2) is 25.8 Å². The third-order valence-electron chi connectivity index (χ3n) is 2.99. The third kappa shape index (κ3) is 8.12. The Kier molecular flexibility index (Phi) is 10.0. The van der Waals surface area contributed by atoms with Crippen LogP contribution in [0.4, 0.5) is 0 Å². The molecule has 2 heteroatoms. The molecule has 0 radical (unpaired) electrons. The normalized spacial score (nSPS) is 15.4. The molecule has 1 N–H and O–H groups in total. The van der Waals surface area contributed by atoms with E-state index >= 15 is 0 Å². The van der Waals surface area contributed by atoms with Gasteiger partial charge in [-0.25, -0.2) is 0 Å². The van der Waals surface area contributed by atoms with Crippen LogP contribution in [0.3, 0.4) is 0 Å². The Labute approximate surface area is 102 Å². The topological polar surface area (TPSA) is 21.3 Å². The highest BCUT2D eigenvalue weighted by molar-refractivity contribution is 4.74. The Balaban J connectivity index is 4.04. The van der Waals surface area contributed by atoms with Gasteiger partial charge in [-0.2, -0.15) is 0 Å². The minimum Gasteiger partial charge on any atom is -0.383 e. The van der Waals surface area contributed by atoms with Gasteiger partial charge in [0.1, 0.15) is 0 Å². The molecule has 2 atom stereocenters. The molecule has 0 rings (SSSR count). The molecule has 0 aliphatic rings. The van der Waals surface area contributed by atoms with Crippen LogP contribution in [0.2, 0.25) is 0 Å². The highest BCUT2D eigenvalue weighted by Crippen LogP contribution is 2.12. The minimum atomic E-state index is 0.519. The van der Waals surface area contributed by atoms with Crippen LogP contribution in [0.25, 0.3) is 0 Å². The van der Waals surface area contributed by atoms with Crippen molar-refractivity contribution in [3.63, 3.8) is 0 Å². The van der Waals surface area contributed by atoms with Gasteiger partial charge in [-0.1, -0.05) is 40.5 Å². The van der Waals surface area contributed by atoms with E-state index in [1.54, 1.807) is 7.11 Å². The highest BCUT2D eigenvalue weighted by Gasteiger charge is 2.14. The van der Waals surface area contributed by atoms with E-state index < -0.39 is 0 Å². The molecule has 2 nitrogen and oxygen atoms in total. The van der Waals surface area contributed by atoms with Gasteiger partial charge in [0.15, 0.2) is 0 Å². The first kappa shape index (κ1) is 15.9. The Hall–Kier alpha value is -0.0800. The second kappa shape index (κ2) is 10.1. The smallest absolute Gasteiger partial charge is 0.0615 e. The zero-order valence-corrected chi connectivity index (χ0v) is 11.9. The number of ether oxygens (including phenoxy) is 1. The predicted molar refractivity (Wildman–Crippen MR) is 71.9 cm³/mol. The van der Waals surface area contributed by atoms with E-state index in [9.17, 15) is 0 Å². The first-order valence-electron chi connectivity index (χ1n) is 6.88. The summed E-state index contributed by atoms with van der Waals surface area (Å²) in [4.78, 5) is 0. The molecule has 0 aliphatic carbocycles. The van der Waals surface area contributed by atoms with E-state index in [0.29, 0.717) is 12.1 Å². The van der Waals surface area contributed by atoms with Gasteiger partial charge in [-0.05, 0) is 25.2 Å². The van der Waals surface area contributed by atoms with Gasteiger partial charge in [0.25, 0.3) is 0 Å². The third-order valence-corrected chi connectivity index (χ3v) is 2.99. The molecule has 0 amide bonds. The Morgan fingerprint density at radius 1 is 1.12 bits per heavy atom. The Morgan fingerprint density at radius 2 is 1.81 bits per heavy atom. The summed E-state index contributed by atoms with van der Waals surface area (Å²) < 4.78 is 5.24. The summed E-state index contributed by atoms with van der Waals surface area (Å²) in [6.07, 6.45) is 6.34. The van der Waals surface area contributed by atoms with E-state index in [0.717, 1.165) is 18.9 Å². The van der Waals surface area contributed by atoms with Crippen molar-refractivity contribution >= 4 is 0 Å². The van der Waals surface area contributed by atoms with Crippen molar-refractivity contribution in [3.8, 4) is 0 Å². The molecular weight excluding hydrogens is 198 g/mol. The van der Waals surface area contributed by atoms with Gasteiger partial charge < -0.3 is 10.1 Å². The summed E-state index contributed by atoms with van der Waals surface area (Å²) in [5.74, 6) is 0.773. The van der Waals surface area contributed by atoms with Crippen LogP contribution in [0, 0.1) is 5.92 Å². The number of rotatable bonds is 10. The molecule has 0 saturated heterocycles. The molecule has 0 aromatic carbocycles. The summed E-state index contributed by atoms with van der Waals surface area (Å²) in [7, 11) is 1.79. The number of nitrogens with one attached hydrogen (secondary N) is 1. The molecule has 0 aromatic rings. The molecule has 0 spiro atoms. The predicted octanol–water partition coefficient (Wildman–Crippen LogP) is 3.61. The van der Waals surface area contributed by atoms with E-state index in [4.69, 9.17) is 4.74 Å². The van der Waals surface area contributed by atoms with Gasteiger partial charge in [0, 0.05) is 19.2 Å². The fraction of sp³-hybridized carbons (Fsp3) is 1.00. The van der Waals surface area contributed by atoms with Crippen LogP contribution in [-0.2, 0) is 4.74 Å². The number of methoxy groups -OCH3 is 1. The van der Waals surface area contributed by atoms with Crippen molar-refractivity contribution in [2.45, 2.75) is 71.9 Å². The molecule has 0 fully saturated rings. The minimum absolute atomic E-state index is 0.519. The molecule has 2 unspecified atom stereocenters. The fourth-order valence-corrected chi connectivity index (χ4v) is 2.11. The second-order valence-electron chi connectivity index (χ2n) is 5.20. The zero-order chi connectivity index (χ0) is 12.4. The lowest BCUT2D eigenvalue weighted by Crippen LogP contribution is -2.41. The van der Waals surface area contributed by atoms with E-state index in [1.807, 2.05) is 0 Å². The summed E-state index contributed by atoms with van der Waals surface area (Å²) in [5, 5.41) is 3.75. The first-order valence-corrected chi connectivity index (χ1v) is 6.88. The zero-order valence-electron chi connectivity index (χ0n) is 11.9. The van der Waals surface area contributed by atoms with Gasteiger partial charge in [-0.15, -0.1) is 0 Å². The number of hydrogen-bond acceptors (Lipinski definition) is 2. The lowest BCUT2D eigenvalue weighted by Gasteiger charge is -2.26.